The molecule has 1 saturated heterocycles. The summed E-state index contributed by atoms with van der Waals surface area (Å²) in [5.74, 6) is -0.642. The van der Waals surface area contributed by atoms with Crippen molar-refractivity contribution in [2.24, 2.45) is 5.92 Å². The number of fused-ring (bicyclic) bond motifs is 1. The molecule has 34 heavy (non-hydrogen) atoms. The number of nitrogens with zero attached hydrogens (tertiary/aromatic N) is 1. The van der Waals surface area contributed by atoms with E-state index in [4.69, 9.17) is 0 Å². The number of hydrogen-bond donors (Lipinski definition) is 2. The summed E-state index contributed by atoms with van der Waals surface area (Å²) in [6.07, 6.45) is 7.09. The van der Waals surface area contributed by atoms with Crippen LogP contribution in [0, 0.1) is 5.92 Å². The van der Waals surface area contributed by atoms with Gasteiger partial charge in [0.05, 0.1) is 16.1 Å². The summed E-state index contributed by atoms with van der Waals surface area (Å²) in [7, 11) is -3.58. The predicted molar refractivity (Wildman–Crippen MR) is 130 cm³/mol. The highest BCUT2D eigenvalue weighted by atomic mass is 32.2. The number of benzene rings is 2. The first-order valence-electron chi connectivity index (χ1n) is 12.2. The average molecular weight is 482 g/mol. The Balaban J connectivity index is 1.22. The third-order valence-electron chi connectivity index (χ3n) is 7.12. The number of sulfonamides is 1. The number of carbonyl (C=O) groups excluding carboxylic acids is 2. The summed E-state index contributed by atoms with van der Waals surface area (Å²) >= 11 is 0. The first-order chi connectivity index (χ1) is 16.4. The van der Waals surface area contributed by atoms with Crippen molar-refractivity contribution in [3.63, 3.8) is 0 Å². The molecule has 2 aromatic rings. The number of hydrogen-bond acceptors (Lipinski definition) is 4. The molecular weight excluding hydrogens is 450 g/mol. The van der Waals surface area contributed by atoms with Gasteiger partial charge in [0.1, 0.15) is 0 Å². The first kappa shape index (κ1) is 23.1. The van der Waals surface area contributed by atoms with Gasteiger partial charge in [0, 0.05) is 25.0 Å². The Morgan fingerprint density at radius 3 is 2.32 bits per heavy atom. The van der Waals surface area contributed by atoms with Crippen molar-refractivity contribution >= 4 is 27.5 Å². The van der Waals surface area contributed by atoms with Crippen LogP contribution < -0.4 is 10.6 Å². The fourth-order valence-electron chi connectivity index (χ4n) is 4.89. The Bertz CT molecular complexity index is 1200. The van der Waals surface area contributed by atoms with Crippen LogP contribution in [0.5, 0.6) is 0 Å². The lowest BCUT2D eigenvalue weighted by molar-refractivity contribution is -0.120. The van der Waals surface area contributed by atoms with E-state index < -0.39 is 10.0 Å². The quantitative estimate of drug-likeness (QED) is 0.660. The van der Waals surface area contributed by atoms with Gasteiger partial charge in [0.15, 0.2) is 0 Å². The van der Waals surface area contributed by atoms with Crippen molar-refractivity contribution in [2.45, 2.75) is 62.3 Å². The van der Waals surface area contributed by atoms with Crippen LogP contribution in [0.15, 0.2) is 47.4 Å². The van der Waals surface area contributed by atoms with Gasteiger partial charge in [-0.05, 0) is 86.8 Å². The molecule has 2 amide bonds. The molecule has 2 aromatic carbocycles. The molecule has 0 unspecified atom stereocenters. The minimum absolute atomic E-state index is 0.169. The van der Waals surface area contributed by atoms with Gasteiger partial charge in [-0.25, -0.2) is 8.42 Å². The Kier molecular flexibility index (Phi) is 6.44. The minimum Gasteiger partial charge on any atom is -0.349 e. The minimum atomic E-state index is -3.58. The molecule has 7 nitrogen and oxygen atoms in total. The third kappa shape index (κ3) is 4.88. The summed E-state index contributed by atoms with van der Waals surface area (Å²) in [5.41, 5.74) is 3.35. The maximum atomic E-state index is 13.2. The Morgan fingerprint density at radius 2 is 1.59 bits per heavy atom. The lowest BCUT2D eigenvalue weighted by atomic mass is 9.92. The molecule has 8 heteroatoms. The van der Waals surface area contributed by atoms with Crippen molar-refractivity contribution in [3.8, 4) is 0 Å². The Labute approximate surface area is 201 Å². The fourth-order valence-corrected chi connectivity index (χ4v) is 6.41. The summed E-state index contributed by atoms with van der Waals surface area (Å²) in [6.45, 7) is 0.614. The second-order valence-corrected chi connectivity index (χ2v) is 11.5. The zero-order valence-electron chi connectivity index (χ0n) is 19.3. The highest BCUT2D eigenvalue weighted by molar-refractivity contribution is 7.89. The zero-order chi connectivity index (χ0) is 23.7. The van der Waals surface area contributed by atoms with Crippen molar-refractivity contribution in [1.29, 1.82) is 0 Å². The molecule has 2 fully saturated rings. The molecule has 1 saturated carbocycles. The molecule has 2 N–H and O–H groups in total. The molecule has 1 aliphatic heterocycles. The lowest BCUT2D eigenvalue weighted by Crippen LogP contribution is -2.41. The van der Waals surface area contributed by atoms with E-state index in [0.717, 1.165) is 44.1 Å². The number of aryl methyl sites for hydroxylation is 2. The highest BCUT2D eigenvalue weighted by Gasteiger charge is 2.33. The van der Waals surface area contributed by atoms with Gasteiger partial charge in [-0.1, -0.05) is 18.2 Å². The summed E-state index contributed by atoms with van der Waals surface area (Å²) < 4.78 is 28.0. The van der Waals surface area contributed by atoms with Crippen molar-refractivity contribution in [2.75, 3.05) is 18.4 Å². The molecule has 0 atom stereocenters. The molecule has 5 rings (SSSR count). The number of anilines is 1. The molecule has 3 aliphatic rings. The van der Waals surface area contributed by atoms with E-state index in [-0.39, 0.29) is 23.8 Å². The number of carbonyl (C=O) groups is 2. The predicted octanol–water partition coefficient (Wildman–Crippen LogP) is 3.50. The number of nitrogens with one attached hydrogen (secondary N) is 2. The van der Waals surface area contributed by atoms with Crippen LogP contribution in [-0.4, -0.2) is 43.7 Å². The molecule has 0 bridgehead atoms. The van der Waals surface area contributed by atoms with Crippen LogP contribution in [0.25, 0.3) is 0 Å². The van der Waals surface area contributed by atoms with Crippen LogP contribution in [0.3, 0.4) is 0 Å². The zero-order valence-corrected chi connectivity index (χ0v) is 20.1. The van der Waals surface area contributed by atoms with E-state index in [1.54, 1.807) is 30.3 Å². The Morgan fingerprint density at radius 1 is 0.882 bits per heavy atom. The fraction of sp³-hybridized carbons (Fsp3) is 0.462. The normalized spacial score (nSPS) is 19.3. The van der Waals surface area contributed by atoms with E-state index in [1.165, 1.54) is 9.87 Å². The van der Waals surface area contributed by atoms with Crippen LogP contribution in [0.1, 0.15) is 60.0 Å². The Hall–Kier alpha value is -2.71. The maximum absolute atomic E-state index is 13.2. The van der Waals surface area contributed by atoms with Crippen LogP contribution in [-0.2, 0) is 27.7 Å². The van der Waals surface area contributed by atoms with Gasteiger partial charge in [-0.2, -0.15) is 4.31 Å². The van der Waals surface area contributed by atoms with Gasteiger partial charge in [-0.3, -0.25) is 9.59 Å². The van der Waals surface area contributed by atoms with E-state index in [9.17, 15) is 18.0 Å². The summed E-state index contributed by atoms with van der Waals surface area (Å²) in [5, 5.41) is 5.86. The summed E-state index contributed by atoms with van der Waals surface area (Å²) in [6, 6.07) is 12.8. The largest absolute Gasteiger partial charge is 0.349 e. The van der Waals surface area contributed by atoms with Crippen molar-refractivity contribution in [3.05, 3.63) is 59.2 Å². The van der Waals surface area contributed by atoms with E-state index >= 15 is 0 Å². The molecule has 1 heterocycles. The van der Waals surface area contributed by atoms with Gasteiger partial charge in [0.2, 0.25) is 15.9 Å². The second kappa shape index (κ2) is 9.50. The monoisotopic (exact) mass is 481 g/mol. The van der Waals surface area contributed by atoms with E-state index in [1.807, 2.05) is 12.1 Å². The first-order valence-corrected chi connectivity index (χ1v) is 13.7. The molecule has 2 aliphatic carbocycles. The molecule has 180 valence electrons. The van der Waals surface area contributed by atoms with Crippen LogP contribution in [0.2, 0.25) is 0 Å². The van der Waals surface area contributed by atoms with E-state index in [2.05, 4.69) is 10.6 Å². The third-order valence-corrected chi connectivity index (χ3v) is 9.02. The molecular formula is C26H31N3O4S. The molecule has 0 spiro atoms. The number of piperidine rings is 1. The van der Waals surface area contributed by atoms with Gasteiger partial charge in [0.25, 0.3) is 5.91 Å². The van der Waals surface area contributed by atoms with Crippen LogP contribution in [0.4, 0.5) is 5.69 Å². The maximum Gasteiger partial charge on any atom is 0.253 e. The van der Waals surface area contributed by atoms with Crippen molar-refractivity contribution < 1.29 is 18.0 Å². The van der Waals surface area contributed by atoms with E-state index in [0.29, 0.717) is 42.1 Å². The summed E-state index contributed by atoms with van der Waals surface area (Å²) in [4.78, 5) is 25.8. The number of para-hydroxylation sites is 1. The topological polar surface area (TPSA) is 95.6 Å². The van der Waals surface area contributed by atoms with Gasteiger partial charge in [-0.15, -0.1) is 0 Å². The molecule has 0 radical (unpaired) electrons. The van der Waals surface area contributed by atoms with Gasteiger partial charge < -0.3 is 10.6 Å². The smallest absolute Gasteiger partial charge is 0.253 e. The number of rotatable bonds is 6. The van der Waals surface area contributed by atoms with Gasteiger partial charge >= 0.3 is 0 Å². The number of amides is 2. The standard InChI is InChI=1S/C26H31N3O4S/c30-25(28-24-8-4-3-7-23(24)26(31)27-21-10-11-21)19-13-15-29(16-14-19)34(32,33)22-12-9-18-5-1-2-6-20(18)17-22/h3-4,7-9,12,17,19,21H,1-2,5-6,10-11,13-16H2,(H,27,31)(H,28,30). The van der Waals surface area contributed by atoms with Crippen LogP contribution >= 0.6 is 0 Å². The van der Waals surface area contributed by atoms with Crippen molar-refractivity contribution in [1.82, 2.24) is 9.62 Å². The highest BCUT2D eigenvalue weighted by Crippen LogP contribution is 2.29. The second-order valence-electron chi connectivity index (χ2n) is 9.60. The SMILES string of the molecule is O=C(NC1CC1)c1ccccc1NC(=O)C1CCN(S(=O)(=O)c2ccc3c(c2)CCCC3)CC1. The average Bonchev–Trinajstić information content (AvgIpc) is 3.68. The molecule has 0 aromatic heterocycles. The lowest BCUT2D eigenvalue weighted by Gasteiger charge is -2.31.